The van der Waals surface area contributed by atoms with Gasteiger partial charge in [0.1, 0.15) is 0 Å². The van der Waals surface area contributed by atoms with Gasteiger partial charge >= 0.3 is 0 Å². The van der Waals surface area contributed by atoms with E-state index in [-0.39, 0.29) is 9.52 Å². The van der Waals surface area contributed by atoms with Crippen LogP contribution < -0.4 is 11.1 Å². The Balaban J connectivity index is 2.69. The van der Waals surface area contributed by atoms with Crippen LogP contribution in [-0.2, 0) is 4.74 Å². The Labute approximate surface area is 71.5 Å². The molecule has 0 saturated carbocycles. The third-order valence-corrected chi connectivity index (χ3v) is 2.86. The van der Waals surface area contributed by atoms with Crippen LogP contribution in [0.2, 0.25) is 6.04 Å². The predicted octanol–water partition coefficient (Wildman–Crippen LogP) is -0.537. The highest BCUT2D eigenvalue weighted by molar-refractivity contribution is 6.35. The Morgan fingerprint density at radius 2 is 2.36 bits per heavy atom. The molecule has 0 atom stereocenters. The minimum atomic E-state index is -0.0102. The molecule has 0 amide bonds. The molecule has 0 radical (unpaired) electrons. The molecule has 0 aromatic carbocycles. The average Bonchev–Trinajstić information content (AvgIpc) is 2.03. The number of nitrogens with one attached hydrogen (secondary N) is 1. The lowest BCUT2D eigenvalue weighted by Gasteiger charge is -2.03. The zero-order valence-corrected chi connectivity index (χ0v) is 8.85. The van der Waals surface area contributed by atoms with Gasteiger partial charge in [-0.25, -0.2) is 0 Å². The highest BCUT2D eigenvalue weighted by Crippen LogP contribution is 1.76. The van der Waals surface area contributed by atoms with Gasteiger partial charge < -0.3 is 10.5 Å². The van der Waals surface area contributed by atoms with Gasteiger partial charge in [0, 0.05) is 6.23 Å². The van der Waals surface area contributed by atoms with Crippen molar-refractivity contribution in [2.24, 2.45) is 5.73 Å². The molecular weight excluding hydrogens is 156 g/mol. The number of hydrogen-bond donors (Lipinski definition) is 2. The summed E-state index contributed by atoms with van der Waals surface area (Å²) in [5.41, 5.74) is 5.35. The van der Waals surface area contributed by atoms with E-state index in [1.54, 1.807) is 0 Å². The van der Waals surface area contributed by atoms with E-state index in [2.05, 4.69) is 12.2 Å². The molecule has 0 aromatic heterocycles. The van der Waals surface area contributed by atoms with E-state index in [0.717, 1.165) is 19.3 Å². The van der Waals surface area contributed by atoms with Gasteiger partial charge in [-0.3, -0.25) is 5.32 Å². The smallest absolute Gasteiger partial charge is 0.0960 e. The zero-order chi connectivity index (χ0) is 8.36. The molecule has 0 aliphatic rings. The van der Waals surface area contributed by atoms with Crippen LogP contribution >= 0.6 is 0 Å². The summed E-state index contributed by atoms with van der Waals surface area (Å²) in [6, 6.07) is 1.20. The van der Waals surface area contributed by atoms with Crippen LogP contribution in [0.25, 0.3) is 0 Å². The van der Waals surface area contributed by atoms with Crippen LogP contribution in [0.3, 0.4) is 0 Å². The molecule has 0 aliphatic carbocycles. The Morgan fingerprint density at radius 1 is 1.55 bits per heavy atom. The minimum absolute atomic E-state index is 0.0102. The molecule has 11 heavy (non-hydrogen) atoms. The minimum Gasteiger partial charge on any atom is -0.370 e. The summed E-state index contributed by atoms with van der Waals surface area (Å²) < 4.78 is 5.33. The van der Waals surface area contributed by atoms with Gasteiger partial charge in [-0.1, -0.05) is 6.92 Å². The second kappa shape index (κ2) is 10.1. The first-order valence-electron chi connectivity index (χ1n) is 4.40. The molecular formula is C7H20N2OSi. The van der Waals surface area contributed by atoms with Crippen LogP contribution in [0.15, 0.2) is 0 Å². The third-order valence-electron chi connectivity index (χ3n) is 1.37. The first-order chi connectivity index (χ1) is 5.41. The first-order valence-corrected chi connectivity index (χ1v) is 6.40. The maximum atomic E-state index is 5.35. The molecule has 0 rings (SSSR count). The van der Waals surface area contributed by atoms with Crippen molar-refractivity contribution in [1.29, 1.82) is 0 Å². The molecule has 4 heteroatoms. The summed E-state index contributed by atoms with van der Waals surface area (Å²) in [6.45, 7) is 4.75. The molecule has 0 bridgehead atoms. The maximum Gasteiger partial charge on any atom is 0.0960 e. The topological polar surface area (TPSA) is 47.3 Å². The van der Waals surface area contributed by atoms with Gasteiger partial charge in [0.2, 0.25) is 0 Å². The van der Waals surface area contributed by atoms with E-state index >= 15 is 0 Å². The third kappa shape index (κ3) is 10.1. The zero-order valence-electron chi connectivity index (χ0n) is 7.44. The second-order valence-electron chi connectivity index (χ2n) is 2.55. The Kier molecular flexibility index (Phi) is 10.2. The molecule has 0 spiro atoms. The van der Waals surface area contributed by atoms with E-state index in [4.69, 9.17) is 10.5 Å². The predicted molar refractivity (Wildman–Crippen MR) is 51.5 cm³/mol. The van der Waals surface area contributed by atoms with Crippen molar-refractivity contribution in [3.05, 3.63) is 0 Å². The lowest BCUT2D eigenvalue weighted by atomic mass is 10.5. The first kappa shape index (κ1) is 11.1. The van der Waals surface area contributed by atoms with Gasteiger partial charge in [-0.15, -0.1) is 0 Å². The maximum absolute atomic E-state index is 5.35. The molecule has 3 nitrogen and oxygen atoms in total. The van der Waals surface area contributed by atoms with Crippen molar-refractivity contribution in [2.45, 2.75) is 19.4 Å². The monoisotopic (exact) mass is 176 g/mol. The number of nitrogens with two attached hydrogens (primary N) is 1. The summed E-state index contributed by atoms with van der Waals surface area (Å²) in [5.74, 6) is 0. The fraction of sp³-hybridized carbons (Fsp3) is 1.00. The molecule has 0 heterocycles. The van der Waals surface area contributed by atoms with Crippen LogP contribution in [0.4, 0.5) is 0 Å². The Morgan fingerprint density at radius 3 is 3.00 bits per heavy atom. The Hall–Kier alpha value is 0.0969. The van der Waals surface area contributed by atoms with Crippen molar-refractivity contribution in [1.82, 2.24) is 5.32 Å². The SMILES string of the molecule is CCCNCOC[SiH2]CCN. The standard InChI is InChI=1S/C7H20N2OSi/c1-2-4-9-6-10-7-11-5-3-8/h9H,2-8,11H2,1H3. The Bertz CT molecular complexity index is 65.5. The van der Waals surface area contributed by atoms with Crippen LogP contribution in [0.5, 0.6) is 0 Å². The van der Waals surface area contributed by atoms with Crippen LogP contribution in [-0.4, -0.2) is 35.6 Å². The average molecular weight is 176 g/mol. The van der Waals surface area contributed by atoms with Crippen LogP contribution in [0, 0.1) is 0 Å². The normalized spacial score (nSPS) is 11.5. The molecule has 3 N–H and O–H groups in total. The molecule has 0 aromatic rings. The van der Waals surface area contributed by atoms with E-state index < -0.39 is 0 Å². The fourth-order valence-electron chi connectivity index (χ4n) is 0.742. The van der Waals surface area contributed by atoms with Crippen LogP contribution in [0.1, 0.15) is 13.3 Å². The van der Waals surface area contributed by atoms with Crippen molar-refractivity contribution in [3.8, 4) is 0 Å². The molecule has 0 fully saturated rings. The van der Waals surface area contributed by atoms with E-state index in [1.807, 2.05) is 0 Å². The van der Waals surface area contributed by atoms with E-state index in [0.29, 0.717) is 6.73 Å². The van der Waals surface area contributed by atoms with Gasteiger partial charge in [-0.05, 0) is 25.6 Å². The summed E-state index contributed by atoms with van der Waals surface area (Å²) in [6.07, 6.45) is 2.14. The number of ether oxygens (including phenoxy) is 1. The van der Waals surface area contributed by atoms with Gasteiger partial charge in [0.25, 0.3) is 0 Å². The lowest BCUT2D eigenvalue weighted by Crippen LogP contribution is -2.20. The molecule has 68 valence electrons. The summed E-state index contributed by atoms with van der Waals surface area (Å²) in [4.78, 5) is 0. The van der Waals surface area contributed by atoms with E-state index in [1.165, 1.54) is 12.5 Å². The van der Waals surface area contributed by atoms with Crippen molar-refractivity contribution < 1.29 is 4.74 Å². The summed E-state index contributed by atoms with van der Waals surface area (Å²) in [5, 5.41) is 3.18. The number of hydrogen-bond acceptors (Lipinski definition) is 3. The molecule has 0 saturated heterocycles. The van der Waals surface area contributed by atoms with Gasteiger partial charge in [-0.2, -0.15) is 0 Å². The fourth-order valence-corrected chi connectivity index (χ4v) is 1.58. The van der Waals surface area contributed by atoms with Crippen molar-refractivity contribution >= 4 is 9.52 Å². The summed E-state index contributed by atoms with van der Waals surface area (Å²) in [7, 11) is -0.0102. The highest BCUT2D eigenvalue weighted by atomic mass is 28.2. The van der Waals surface area contributed by atoms with Crippen molar-refractivity contribution in [2.75, 3.05) is 26.1 Å². The van der Waals surface area contributed by atoms with E-state index in [9.17, 15) is 0 Å². The highest BCUT2D eigenvalue weighted by Gasteiger charge is 1.87. The second-order valence-corrected chi connectivity index (χ2v) is 4.37. The lowest BCUT2D eigenvalue weighted by molar-refractivity contribution is 0.156. The summed E-state index contributed by atoms with van der Waals surface area (Å²) >= 11 is 0. The largest absolute Gasteiger partial charge is 0.370 e. The van der Waals surface area contributed by atoms with Gasteiger partial charge in [0.05, 0.1) is 16.3 Å². The number of rotatable bonds is 8. The van der Waals surface area contributed by atoms with Gasteiger partial charge in [0.15, 0.2) is 0 Å². The molecule has 0 aliphatic heterocycles. The quantitative estimate of drug-likeness (QED) is 0.297. The van der Waals surface area contributed by atoms with Crippen molar-refractivity contribution in [3.63, 3.8) is 0 Å². The molecule has 0 unspecified atom stereocenters.